The second-order valence-electron chi connectivity index (χ2n) is 32.1. The first-order chi connectivity index (χ1) is 60.0. The summed E-state index contributed by atoms with van der Waals surface area (Å²) < 4.78 is 4.53. The number of nitrogens with zero attached hydrogens (tertiary/aromatic N) is 4. The van der Waals surface area contributed by atoms with Gasteiger partial charge in [0.2, 0.25) is 0 Å². The molecule has 0 radical (unpaired) electrons. The van der Waals surface area contributed by atoms with Gasteiger partial charge >= 0.3 is 0 Å². The fraction of sp³-hybridized carbons (Fsp3) is 0.150. The van der Waals surface area contributed by atoms with Crippen LogP contribution in [-0.4, -0.2) is 0 Å². The van der Waals surface area contributed by atoms with Crippen LogP contribution in [0.15, 0.2) is 364 Å². The van der Waals surface area contributed by atoms with E-state index in [0.29, 0.717) is 0 Å². The van der Waals surface area contributed by atoms with Crippen molar-refractivity contribution in [3.8, 4) is 0 Å². The van der Waals surface area contributed by atoms with Crippen molar-refractivity contribution in [2.24, 2.45) is 0 Å². The van der Waals surface area contributed by atoms with Gasteiger partial charge in [0.05, 0.1) is 0 Å². The molecular weight excluding hydrogens is 1790 g/mol. The monoisotopic (exact) mass is 1900 g/mol. The highest BCUT2D eigenvalue weighted by atomic mass is 79.9. The average Bonchev–Trinajstić information content (AvgIpc) is 0.773. The number of nitrogens with two attached hydrogens (primary N) is 2. The molecule has 634 valence electrons. The van der Waals surface area contributed by atoms with Gasteiger partial charge in [-0.25, -0.2) is 0 Å². The second-order valence-corrected chi connectivity index (χ2v) is 35.6. The molecule has 0 aliphatic heterocycles. The second kappa shape index (κ2) is 44.4. The summed E-state index contributed by atoms with van der Waals surface area (Å²) in [6, 6.07) is 121. The van der Waals surface area contributed by atoms with Gasteiger partial charge in [-0.15, -0.1) is 0 Å². The van der Waals surface area contributed by atoms with Crippen LogP contribution >= 0.6 is 63.7 Å². The Morgan fingerprint density at radius 1 is 0.192 bits per heavy atom. The van der Waals surface area contributed by atoms with E-state index in [1.165, 1.54) is 138 Å². The van der Waals surface area contributed by atoms with E-state index in [0.717, 1.165) is 77.2 Å². The molecule has 8 nitrogen and oxygen atoms in total. The molecule has 0 atom stereocenters. The van der Waals surface area contributed by atoms with Crippen LogP contribution in [0.2, 0.25) is 0 Å². The third kappa shape index (κ3) is 25.5. The lowest BCUT2D eigenvalue weighted by atomic mass is 10.0. The van der Waals surface area contributed by atoms with Crippen LogP contribution in [0.4, 0.5) is 102 Å². The summed E-state index contributed by atoms with van der Waals surface area (Å²) in [4.78, 5) is 9.49. The Kier molecular flexibility index (Phi) is 33.3. The van der Waals surface area contributed by atoms with Crippen molar-refractivity contribution in [1.29, 1.82) is 0 Å². The summed E-state index contributed by atoms with van der Waals surface area (Å²) >= 11 is 14.1. The standard InChI is InChI=1S/C36H34Br2N2.C36H36N2.C20H20N2.C8H9Br.C7H7Br.C6H8N2/c1-23-7-15-33(25(3)19-23)39(35-17-9-29(37)21-27(35)5)31-11-13-32(14-12-31)40(34-16-8-24(2)20-26(34)4)36-18-10-30(38)22-28(36)6;1-25-15-21-35(29(5)23-25)37(33-13-9-7-11-27(33)3)31-17-19-32(20-18-31)38(34-14-10-8-12-28(34)4)36-22-16-26(2)24-30(36)6;1-15-7-3-5-9-19(15)21-17-11-13-18(14-12-17)22-20-10-6-4-8-16(20)2;1-6-3-4-8(9)7(2)5-6;1-6-4-2-3-5-7(6)8;7-5-1-2-6(8)4-3-5/h7-22H,1-6H3;7-24H,1-6H3;3-14,21-22H,1-2H3;3-5H,1-2H3;2-5H,1H3;1-4H,7-8H2. The van der Waals surface area contributed by atoms with Crippen LogP contribution in [-0.2, 0) is 0 Å². The summed E-state index contributed by atoms with van der Waals surface area (Å²) in [5.41, 5.74) is 52.0. The maximum atomic E-state index is 5.37. The maximum Gasteiger partial charge on any atom is 0.0491 e. The average molecular weight is 1900 g/mol. The van der Waals surface area contributed by atoms with Crippen molar-refractivity contribution < 1.29 is 0 Å². The highest BCUT2D eigenvalue weighted by Gasteiger charge is 2.24. The minimum atomic E-state index is 0.749. The van der Waals surface area contributed by atoms with Gasteiger partial charge in [0.15, 0.2) is 0 Å². The Hall–Kier alpha value is -12.2. The summed E-state index contributed by atoms with van der Waals surface area (Å²) in [6.07, 6.45) is 0. The number of hydrogen-bond donors (Lipinski definition) is 4. The molecule has 0 heterocycles. The van der Waals surface area contributed by atoms with Crippen molar-refractivity contribution in [3.05, 3.63) is 458 Å². The van der Waals surface area contributed by atoms with Crippen molar-refractivity contribution in [3.63, 3.8) is 0 Å². The molecule has 0 aromatic heterocycles. The normalized spacial score (nSPS) is 10.5. The van der Waals surface area contributed by atoms with Gasteiger partial charge in [0.25, 0.3) is 0 Å². The van der Waals surface area contributed by atoms with Gasteiger partial charge in [0, 0.05) is 120 Å². The zero-order valence-corrected chi connectivity index (χ0v) is 81.2. The molecular formula is C113H114Br4N8. The fourth-order valence-corrected chi connectivity index (χ4v) is 16.4. The van der Waals surface area contributed by atoms with Crippen LogP contribution in [0.5, 0.6) is 0 Å². The van der Waals surface area contributed by atoms with Crippen LogP contribution in [0, 0.1) is 118 Å². The molecule has 0 saturated carbocycles. The van der Waals surface area contributed by atoms with E-state index in [1.54, 1.807) is 24.3 Å². The van der Waals surface area contributed by atoms with Gasteiger partial charge in [-0.1, -0.05) is 243 Å². The van der Waals surface area contributed by atoms with E-state index in [2.05, 4.69) is 503 Å². The number of aryl methyl sites for hydroxylation is 17. The molecule has 16 aromatic rings. The SMILES string of the molecule is Cc1ccc(Br)c(C)c1.Cc1ccc(N(c2ccc(N(c3ccc(C)cc3C)c3ccc(Br)cc3C)cc2)c2ccc(Br)cc2C)c(C)c1.Cc1ccc(N(c2ccc(N(c3ccccc3C)c3ccc(C)cc3C)cc2)c2ccccc2C)c(C)c1.Cc1ccccc1Br.Cc1ccccc1Nc1ccc(Nc2ccccc2C)cc1.Nc1ccc(N)cc1. The van der Waals surface area contributed by atoms with E-state index in [-0.39, 0.29) is 0 Å². The number of halogens is 4. The summed E-state index contributed by atoms with van der Waals surface area (Å²) in [7, 11) is 0. The zero-order valence-electron chi connectivity index (χ0n) is 74.9. The Bertz CT molecular complexity index is 5840. The lowest BCUT2D eigenvalue weighted by molar-refractivity contribution is 1.20. The lowest BCUT2D eigenvalue weighted by Gasteiger charge is -2.31. The van der Waals surface area contributed by atoms with Gasteiger partial charge in [-0.2, -0.15) is 0 Å². The molecule has 0 amide bonds. The van der Waals surface area contributed by atoms with Crippen LogP contribution in [0.1, 0.15) is 94.6 Å². The number of hydrogen-bond acceptors (Lipinski definition) is 8. The Morgan fingerprint density at radius 2 is 0.424 bits per heavy atom. The first-order valence-electron chi connectivity index (χ1n) is 42.1. The van der Waals surface area contributed by atoms with Crippen molar-refractivity contribution in [2.75, 3.05) is 41.7 Å². The van der Waals surface area contributed by atoms with Gasteiger partial charge in [-0.3, -0.25) is 0 Å². The molecule has 16 aromatic carbocycles. The largest absolute Gasteiger partial charge is 0.399 e. The van der Waals surface area contributed by atoms with Gasteiger partial charge < -0.3 is 41.7 Å². The third-order valence-corrected chi connectivity index (χ3v) is 24.4. The first kappa shape index (κ1) is 93.5. The van der Waals surface area contributed by atoms with Crippen LogP contribution in [0.25, 0.3) is 0 Å². The van der Waals surface area contributed by atoms with Crippen molar-refractivity contribution >= 4 is 166 Å². The summed E-state index contributed by atoms with van der Waals surface area (Å²) in [6.45, 7) is 36.5. The number of nitrogens with one attached hydrogen (secondary N) is 2. The molecule has 0 aliphatic carbocycles. The molecule has 16 rings (SSSR count). The fourth-order valence-electron chi connectivity index (χ4n) is 14.9. The van der Waals surface area contributed by atoms with Crippen molar-refractivity contribution in [2.45, 2.75) is 118 Å². The molecule has 0 aliphatic rings. The number of nitrogen functional groups attached to an aromatic ring is 2. The number of benzene rings is 16. The predicted octanol–water partition coefficient (Wildman–Crippen LogP) is 34.9. The molecule has 125 heavy (non-hydrogen) atoms. The molecule has 0 saturated heterocycles. The molecule has 12 heteroatoms. The molecule has 0 fully saturated rings. The highest BCUT2D eigenvalue weighted by Crippen LogP contribution is 2.46. The van der Waals surface area contributed by atoms with Gasteiger partial charge in [0.1, 0.15) is 0 Å². The third-order valence-electron chi connectivity index (χ3n) is 21.7. The summed E-state index contributed by atoms with van der Waals surface area (Å²) in [5.74, 6) is 0. The maximum absolute atomic E-state index is 5.37. The zero-order chi connectivity index (χ0) is 89.5. The molecule has 0 unspecified atom stereocenters. The molecule has 6 N–H and O–H groups in total. The Morgan fingerprint density at radius 3 is 0.672 bits per heavy atom. The van der Waals surface area contributed by atoms with Gasteiger partial charge in [-0.05, 0) is 379 Å². The number of rotatable bonds is 16. The Labute approximate surface area is 777 Å². The van der Waals surface area contributed by atoms with Crippen LogP contribution < -0.4 is 41.7 Å². The van der Waals surface area contributed by atoms with E-state index in [4.69, 9.17) is 11.5 Å². The highest BCUT2D eigenvalue weighted by molar-refractivity contribution is 9.11. The minimum Gasteiger partial charge on any atom is -0.399 e. The summed E-state index contributed by atoms with van der Waals surface area (Å²) in [5, 5.41) is 6.89. The molecule has 0 bridgehead atoms. The molecule has 0 spiro atoms. The van der Waals surface area contributed by atoms with Crippen molar-refractivity contribution in [1.82, 2.24) is 0 Å². The first-order valence-corrected chi connectivity index (χ1v) is 45.3. The quantitative estimate of drug-likeness (QED) is 0.0712. The van der Waals surface area contributed by atoms with E-state index >= 15 is 0 Å². The lowest BCUT2D eigenvalue weighted by Crippen LogP contribution is -2.15. The van der Waals surface area contributed by atoms with E-state index < -0.39 is 0 Å². The Balaban J connectivity index is 0.000000163. The van der Waals surface area contributed by atoms with E-state index in [1.807, 2.05) is 30.3 Å². The topological polar surface area (TPSA) is 89.1 Å². The van der Waals surface area contributed by atoms with E-state index in [9.17, 15) is 0 Å². The minimum absolute atomic E-state index is 0.749. The smallest absolute Gasteiger partial charge is 0.0491 e. The number of para-hydroxylation sites is 4. The predicted molar refractivity (Wildman–Crippen MR) is 557 cm³/mol. The van der Waals surface area contributed by atoms with Crippen LogP contribution in [0.3, 0.4) is 0 Å². The number of anilines is 18.